The van der Waals surface area contributed by atoms with Gasteiger partial charge in [0.2, 0.25) is 0 Å². The summed E-state index contributed by atoms with van der Waals surface area (Å²) < 4.78 is 5.36. The van der Waals surface area contributed by atoms with E-state index in [2.05, 4.69) is 0 Å². The second-order valence-corrected chi connectivity index (χ2v) is 9.28. The van der Waals surface area contributed by atoms with Gasteiger partial charge in [-0.2, -0.15) is 0 Å². The van der Waals surface area contributed by atoms with Gasteiger partial charge in [0.05, 0.1) is 28.7 Å². The third-order valence-electron chi connectivity index (χ3n) is 6.19. The fourth-order valence-electron chi connectivity index (χ4n) is 4.84. The molecule has 0 fully saturated rings. The number of rotatable bonds is 5. The summed E-state index contributed by atoms with van der Waals surface area (Å²) in [4.78, 5) is 39.4. The van der Waals surface area contributed by atoms with Crippen LogP contribution < -0.4 is 10.6 Å². The monoisotopic (exact) mass is 461 g/mol. The molecule has 2 aromatic rings. The number of hydrogen-bond donors (Lipinski definition) is 1. The molecular weight excluding hydrogens is 434 g/mol. The molecule has 1 heterocycles. The zero-order chi connectivity index (χ0) is 24.6. The van der Waals surface area contributed by atoms with Crippen molar-refractivity contribution in [2.45, 2.75) is 39.5 Å². The number of esters is 1. The summed E-state index contributed by atoms with van der Waals surface area (Å²) >= 11 is 0. The van der Waals surface area contributed by atoms with Crippen LogP contribution in [0.25, 0.3) is 0 Å². The Morgan fingerprint density at radius 3 is 2.53 bits per heavy atom. The predicted octanol–water partition coefficient (Wildman–Crippen LogP) is 4.58. The van der Waals surface area contributed by atoms with Gasteiger partial charge in [0.25, 0.3) is 5.69 Å². The first-order valence-corrected chi connectivity index (χ1v) is 11.2. The van der Waals surface area contributed by atoms with Crippen LogP contribution in [-0.4, -0.2) is 23.3 Å². The van der Waals surface area contributed by atoms with Crippen molar-refractivity contribution in [2.24, 2.45) is 11.1 Å². The van der Waals surface area contributed by atoms with Crippen LogP contribution in [0, 0.1) is 15.5 Å². The Morgan fingerprint density at radius 2 is 1.88 bits per heavy atom. The van der Waals surface area contributed by atoms with E-state index in [1.54, 1.807) is 24.0 Å². The molecule has 0 saturated heterocycles. The van der Waals surface area contributed by atoms with Crippen molar-refractivity contribution in [3.63, 3.8) is 0 Å². The number of Topliss-reactive ketones (excluding diaryl/α,β-unsaturated/α-hetero) is 1. The van der Waals surface area contributed by atoms with Crippen LogP contribution >= 0.6 is 0 Å². The van der Waals surface area contributed by atoms with Gasteiger partial charge in [0.1, 0.15) is 5.82 Å². The molecule has 1 atom stereocenters. The van der Waals surface area contributed by atoms with Gasteiger partial charge in [0.15, 0.2) is 5.78 Å². The maximum atomic E-state index is 13.6. The molecule has 0 unspecified atom stereocenters. The second-order valence-electron chi connectivity index (χ2n) is 9.28. The summed E-state index contributed by atoms with van der Waals surface area (Å²) in [5, 5.41) is 11.5. The normalized spacial score (nSPS) is 19.7. The lowest BCUT2D eigenvalue weighted by molar-refractivity contribution is -0.384. The number of carbonyl (C=O) groups excluding carboxylic acids is 2. The standard InChI is InChI=1S/C26H27N3O5/c1-4-34-25(31)23-21(16-9-6-5-7-10-16)22-19(14-26(2,3)15-20(22)30)28(24(23)27)17-11-8-12-18(13-17)29(32)33/h5-13,21H,4,14-15,27H2,1-3H3/t21-/m1/s1. The molecule has 34 heavy (non-hydrogen) atoms. The van der Waals surface area contributed by atoms with E-state index in [9.17, 15) is 19.7 Å². The van der Waals surface area contributed by atoms with Crippen molar-refractivity contribution in [1.82, 2.24) is 0 Å². The molecule has 1 aliphatic carbocycles. The minimum absolute atomic E-state index is 0.0789. The molecule has 0 spiro atoms. The van der Waals surface area contributed by atoms with Crippen LogP contribution in [0.2, 0.25) is 0 Å². The average molecular weight is 462 g/mol. The Labute approximate surface area is 197 Å². The van der Waals surface area contributed by atoms with E-state index in [4.69, 9.17) is 10.5 Å². The van der Waals surface area contributed by atoms with Gasteiger partial charge >= 0.3 is 5.97 Å². The Bertz CT molecular complexity index is 1230. The number of nitro groups is 1. The van der Waals surface area contributed by atoms with Crippen LogP contribution in [0.1, 0.15) is 45.1 Å². The highest BCUT2D eigenvalue weighted by Gasteiger charge is 2.46. The molecule has 2 N–H and O–H groups in total. The minimum atomic E-state index is -0.686. The number of carbonyl (C=O) groups is 2. The van der Waals surface area contributed by atoms with Gasteiger partial charge in [-0.15, -0.1) is 0 Å². The van der Waals surface area contributed by atoms with Crippen molar-refractivity contribution in [1.29, 1.82) is 0 Å². The number of nitrogens with two attached hydrogens (primary N) is 1. The number of allylic oxidation sites excluding steroid dienone is 2. The highest BCUT2D eigenvalue weighted by molar-refractivity contribution is 6.05. The number of hydrogen-bond acceptors (Lipinski definition) is 7. The fraction of sp³-hybridized carbons (Fsp3) is 0.308. The molecule has 0 amide bonds. The third-order valence-corrected chi connectivity index (χ3v) is 6.19. The van der Waals surface area contributed by atoms with Crippen LogP contribution in [0.4, 0.5) is 11.4 Å². The zero-order valence-corrected chi connectivity index (χ0v) is 19.4. The van der Waals surface area contributed by atoms with Gasteiger partial charge in [0, 0.05) is 29.8 Å². The first-order valence-electron chi connectivity index (χ1n) is 11.2. The lowest BCUT2D eigenvalue weighted by atomic mass is 9.68. The van der Waals surface area contributed by atoms with Crippen molar-refractivity contribution in [3.05, 3.63) is 92.9 Å². The topological polar surface area (TPSA) is 116 Å². The summed E-state index contributed by atoms with van der Waals surface area (Å²) in [5.74, 6) is -1.27. The summed E-state index contributed by atoms with van der Waals surface area (Å²) in [7, 11) is 0. The number of benzene rings is 2. The summed E-state index contributed by atoms with van der Waals surface area (Å²) in [6.45, 7) is 5.84. The average Bonchev–Trinajstić information content (AvgIpc) is 2.78. The van der Waals surface area contributed by atoms with Gasteiger partial charge in [-0.05, 0) is 30.4 Å². The largest absolute Gasteiger partial charge is 0.463 e. The molecule has 8 heteroatoms. The van der Waals surface area contributed by atoms with E-state index in [1.165, 1.54) is 12.1 Å². The van der Waals surface area contributed by atoms with Crippen LogP contribution in [0.15, 0.2) is 77.3 Å². The molecule has 0 bridgehead atoms. The van der Waals surface area contributed by atoms with Gasteiger partial charge < -0.3 is 10.5 Å². The SMILES string of the molecule is CCOC(=O)C1=C(N)N(c2cccc([N+](=O)[O-])c2)C2=C(C(=O)CC(C)(C)C2)[C@H]1c1ccccc1. The van der Waals surface area contributed by atoms with E-state index in [-0.39, 0.29) is 34.9 Å². The number of ether oxygens (including phenoxy) is 1. The molecule has 2 aromatic carbocycles. The lowest BCUT2D eigenvalue weighted by Crippen LogP contribution is -2.43. The van der Waals surface area contributed by atoms with Crippen LogP contribution in [-0.2, 0) is 14.3 Å². The van der Waals surface area contributed by atoms with E-state index in [0.29, 0.717) is 29.8 Å². The number of ketones is 1. The molecule has 2 aliphatic rings. The Kier molecular flexibility index (Phi) is 6.00. The van der Waals surface area contributed by atoms with E-state index in [1.807, 2.05) is 44.2 Å². The zero-order valence-electron chi connectivity index (χ0n) is 19.4. The second kappa shape index (κ2) is 8.78. The molecule has 0 aromatic heterocycles. The van der Waals surface area contributed by atoms with Crippen LogP contribution in [0.3, 0.4) is 0 Å². The summed E-state index contributed by atoms with van der Waals surface area (Å²) in [6.07, 6.45) is 0.824. The molecule has 0 radical (unpaired) electrons. The van der Waals surface area contributed by atoms with Gasteiger partial charge in [-0.25, -0.2) is 4.79 Å². The first-order chi connectivity index (χ1) is 16.1. The van der Waals surface area contributed by atoms with Crippen molar-refractivity contribution in [3.8, 4) is 0 Å². The minimum Gasteiger partial charge on any atom is -0.463 e. The highest BCUT2D eigenvalue weighted by atomic mass is 16.6. The maximum absolute atomic E-state index is 13.6. The summed E-state index contributed by atoms with van der Waals surface area (Å²) in [5.41, 5.74) is 8.67. The lowest BCUT2D eigenvalue weighted by Gasteiger charge is -2.44. The summed E-state index contributed by atoms with van der Waals surface area (Å²) in [6, 6.07) is 15.3. The number of non-ortho nitro benzene ring substituents is 1. The first kappa shape index (κ1) is 23.2. The Hall–Kier alpha value is -3.94. The molecular formula is C26H27N3O5. The van der Waals surface area contributed by atoms with E-state index in [0.717, 1.165) is 5.56 Å². The Balaban J connectivity index is 2.03. The number of nitro benzene ring substituents is 1. The molecule has 4 rings (SSSR count). The number of nitrogens with zero attached hydrogens (tertiary/aromatic N) is 2. The Morgan fingerprint density at radius 1 is 1.18 bits per heavy atom. The van der Waals surface area contributed by atoms with E-state index < -0.39 is 16.8 Å². The van der Waals surface area contributed by atoms with Crippen molar-refractivity contribution >= 4 is 23.1 Å². The number of anilines is 1. The molecule has 1 aliphatic heterocycles. The predicted molar refractivity (Wildman–Crippen MR) is 128 cm³/mol. The van der Waals surface area contributed by atoms with Crippen molar-refractivity contribution in [2.75, 3.05) is 11.5 Å². The van der Waals surface area contributed by atoms with Crippen molar-refractivity contribution < 1.29 is 19.2 Å². The molecule has 8 nitrogen and oxygen atoms in total. The van der Waals surface area contributed by atoms with Crippen LogP contribution in [0.5, 0.6) is 0 Å². The highest BCUT2D eigenvalue weighted by Crippen LogP contribution is 2.50. The van der Waals surface area contributed by atoms with E-state index >= 15 is 0 Å². The fourth-order valence-corrected chi connectivity index (χ4v) is 4.84. The third kappa shape index (κ3) is 4.07. The smallest absolute Gasteiger partial charge is 0.338 e. The quantitative estimate of drug-likeness (QED) is 0.394. The van der Waals surface area contributed by atoms with Gasteiger partial charge in [-0.1, -0.05) is 50.2 Å². The maximum Gasteiger partial charge on any atom is 0.338 e. The van der Waals surface area contributed by atoms with Gasteiger partial charge in [-0.3, -0.25) is 19.8 Å². The molecule has 0 saturated carbocycles. The molecule has 176 valence electrons.